The third kappa shape index (κ3) is 9.03. The third-order valence-corrected chi connectivity index (χ3v) is 4.19. The molecule has 0 spiro atoms. The highest BCUT2D eigenvalue weighted by Gasteiger charge is 2.20. The average molecular weight is 384 g/mol. The molecule has 148 valence electrons. The van der Waals surface area contributed by atoms with Crippen LogP contribution >= 0.6 is 11.3 Å². The molecule has 0 saturated heterocycles. The molecule has 0 aliphatic rings. The lowest BCUT2D eigenvalue weighted by Gasteiger charge is -2.26. The lowest BCUT2D eigenvalue weighted by atomic mass is 10.1. The SMILES string of the molecule is CCNC(=NCc1ncc(C)s1)NCC(C)CN(C)C(=O)OC(C)(C)C. The Morgan fingerprint density at radius 2 is 2.12 bits per heavy atom. The molecule has 0 bridgehead atoms. The number of amides is 1. The number of aryl methyl sites for hydroxylation is 1. The largest absolute Gasteiger partial charge is 0.444 e. The summed E-state index contributed by atoms with van der Waals surface area (Å²) in [6.07, 6.45) is 1.56. The van der Waals surface area contributed by atoms with Crippen molar-refractivity contribution in [2.45, 2.75) is 53.7 Å². The number of thiazole rings is 1. The maximum Gasteiger partial charge on any atom is 0.410 e. The fourth-order valence-electron chi connectivity index (χ4n) is 2.18. The Kier molecular flexibility index (Phi) is 8.84. The van der Waals surface area contributed by atoms with Crippen molar-refractivity contribution in [3.05, 3.63) is 16.1 Å². The second-order valence-electron chi connectivity index (χ2n) is 7.41. The molecular weight excluding hydrogens is 350 g/mol. The first kappa shape index (κ1) is 22.2. The molecule has 1 heterocycles. The smallest absolute Gasteiger partial charge is 0.410 e. The van der Waals surface area contributed by atoms with Crippen LogP contribution in [-0.4, -0.2) is 54.2 Å². The number of aromatic nitrogens is 1. The Labute approximate surface area is 161 Å². The van der Waals surface area contributed by atoms with Gasteiger partial charge >= 0.3 is 6.09 Å². The average Bonchev–Trinajstić information content (AvgIpc) is 2.94. The fraction of sp³-hybridized carbons (Fsp3) is 0.722. The molecule has 0 aromatic carbocycles. The van der Waals surface area contributed by atoms with E-state index in [9.17, 15) is 4.79 Å². The molecule has 26 heavy (non-hydrogen) atoms. The van der Waals surface area contributed by atoms with Crippen molar-refractivity contribution in [2.24, 2.45) is 10.9 Å². The second-order valence-corrected chi connectivity index (χ2v) is 8.73. The Morgan fingerprint density at radius 3 is 2.65 bits per heavy atom. The number of guanidine groups is 1. The van der Waals surface area contributed by atoms with E-state index in [0.717, 1.165) is 17.5 Å². The lowest BCUT2D eigenvalue weighted by Crippen LogP contribution is -2.42. The summed E-state index contributed by atoms with van der Waals surface area (Å²) in [6, 6.07) is 0. The maximum atomic E-state index is 12.0. The Morgan fingerprint density at radius 1 is 1.42 bits per heavy atom. The van der Waals surface area contributed by atoms with Crippen LogP contribution in [0.15, 0.2) is 11.2 Å². The molecule has 0 radical (unpaired) electrons. The molecule has 0 aliphatic heterocycles. The van der Waals surface area contributed by atoms with Gasteiger partial charge in [0, 0.05) is 37.8 Å². The minimum Gasteiger partial charge on any atom is -0.444 e. The van der Waals surface area contributed by atoms with Crippen molar-refractivity contribution >= 4 is 23.4 Å². The molecular formula is C18H33N5O2S. The zero-order chi connectivity index (χ0) is 19.7. The van der Waals surface area contributed by atoms with E-state index in [1.54, 1.807) is 23.3 Å². The Balaban J connectivity index is 2.48. The fourth-order valence-corrected chi connectivity index (χ4v) is 2.89. The van der Waals surface area contributed by atoms with Crippen molar-refractivity contribution in [3.8, 4) is 0 Å². The first-order chi connectivity index (χ1) is 12.1. The van der Waals surface area contributed by atoms with Gasteiger partial charge in [-0.25, -0.2) is 14.8 Å². The standard InChI is InChI=1S/C18H33N5O2S/c1-8-19-16(22-11-15-20-10-14(3)26-15)21-9-13(2)12-23(7)17(24)25-18(4,5)6/h10,13H,8-9,11-12H2,1-7H3,(H2,19,21,22). The molecule has 7 nitrogen and oxygen atoms in total. The van der Waals surface area contributed by atoms with Crippen LogP contribution < -0.4 is 10.6 Å². The number of rotatable bonds is 7. The van der Waals surface area contributed by atoms with Crippen LogP contribution in [0, 0.1) is 12.8 Å². The predicted octanol–water partition coefficient (Wildman–Crippen LogP) is 3.01. The van der Waals surface area contributed by atoms with E-state index >= 15 is 0 Å². The molecule has 1 amide bonds. The third-order valence-electron chi connectivity index (χ3n) is 3.29. The van der Waals surface area contributed by atoms with Crippen molar-refractivity contribution in [1.82, 2.24) is 20.5 Å². The normalized spacial score (nSPS) is 13.3. The maximum absolute atomic E-state index is 12.0. The summed E-state index contributed by atoms with van der Waals surface area (Å²) >= 11 is 1.66. The van der Waals surface area contributed by atoms with Gasteiger partial charge < -0.3 is 20.3 Å². The van der Waals surface area contributed by atoms with Crippen LogP contribution in [0.3, 0.4) is 0 Å². The number of hydrogen-bond donors (Lipinski definition) is 2. The summed E-state index contributed by atoms with van der Waals surface area (Å²) in [5, 5.41) is 7.56. The summed E-state index contributed by atoms with van der Waals surface area (Å²) < 4.78 is 5.38. The molecule has 1 atom stereocenters. The first-order valence-corrected chi connectivity index (χ1v) is 9.80. The van der Waals surface area contributed by atoms with Crippen LogP contribution in [0.4, 0.5) is 4.79 Å². The van der Waals surface area contributed by atoms with Gasteiger partial charge in [-0.15, -0.1) is 11.3 Å². The van der Waals surface area contributed by atoms with Gasteiger partial charge in [-0.1, -0.05) is 6.92 Å². The number of carbonyl (C=O) groups is 1. The van der Waals surface area contributed by atoms with Gasteiger partial charge in [-0.2, -0.15) is 0 Å². The number of ether oxygens (including phenoxy) is 1. The number of nitrogens with zero attached hydrogens (tertiary/aromatic N) is 3. The van der Waals surface area contributed by atoms with Crippen LogP contribution in [0.2, 0.25) is 0 Å². The van der Waals surface area contributed by atoms with E-state index in [0.29, 0.717) is 19.6 Å². The number of nitrogens with one attached hydrogen (secondary N) is 2. The highest BCUT2D eigenvalue weighted by Crippen LogP contribution is 2.12. The molecule has 1 aromatic rings. The predicted molar refractivity (Wildman–Crippen MR) is 108 cm³/mol. The van der Waals surface area contributed by atoms with Gasteiger partial charge in [-0.05, 0) is 40.5 Å². The number of carbonyl (C=O) groups excluding carboxylic acids is 1. The topological polar surface area (TPSA) is 78.9 Å². The molecule has 0 saturated carbocycles. The van der Waals surface area contributed by atoms with E-state index in [1.165, 1.54) is 4.88 Å². The van der Waals surface area contributed by atoms with E-state index in [1.807, 2.05) is 40.8 Å². The molecule has 1 unspecified atom stereocenters. The second kappa shape index (κ2) is 10.4. The Hall–Kier alpha value is -1.83. The summed E-state index contributed by atoms with van der Waals surface area (Å²) in [4.78, 5) is 23.7. The van der Waals surface area contributed by atoms with E-state index in [4.69, 9.17) is 4.74 Å². The van der Waals surface area contributed by atoms with Crippen LogP contribution in [0.25, 0.3) is 0 Å². The highest BCUT2D eigenvalue weighted by atomic mass is 32.1. The molecule has 2 N–H and O–H groups in total. The number of aliphatic imine (C=N–C) groups is 1. The van der Waals surface area contributed by atoms with Gasteiger partial charge in [0.05, 0.1) is 6.54 Å². The quantitative estimate of drug-likeness (QED) is 0.559. The van der Waals surface area contributed by atoms with Crippen LogP contribution in [0.5, 0.6) is 0 Å². The lowest BCUT2D eigenvalue weighted by molar-refractivity contribution is 0.0278. The first-order valence-electron chi connectivity index (χ1n) is 8.98. The zero-order valence-electron chi connectivity index (χ0n) is 17.0. The number of hydrogen-bond acceptors (Lipinski definition) is 5. The molecule has 1 rings (SSSR count). The van der Waals surface area contributed by atoms with Crippen LogP contribution in [-0.2, 0) is 11.3 Å². The highest BCUT2D eigenvalue weighted by molar-refractivity contribution is 7.11. The zero-order valence-corrected chi connectivity index (χ0v) is 17.9. The monoisotopic (exact) mass is 383 g/mol. The van der Waals surface area contributed by atoms with Crippen molar-refractivity contribution in [3.63, 3.8) is 0 Å². The minimum atomic E-state index is -0.480. The molecule has 0 aliphatic carbocycles. The van der Waals surface area contributed by atoms with E-state index in [2.05, 4.69) is 27.5 Å². The summed E-state index contributed by atoms with van der Waals surface area (Å²) in [5.41, 5.74) is -0.480. The summed E-state index contributed by atoms with van der Waals surface area (Å²) in [7, 11) is 1.76. The Bertz CT molecular complexity index is 595. The van der Waals surface area contributed by atoms with Gasteiger partial charge in [0.15, 0.2) is 5.96 Å². The van der Waals surface area contributed by atoms with Crippen molar-refractivity contribution < 1.29 is 9.53 Å². The minimum absolute atomic E-state index is 0.249. The molecule has 0 fully saturated rings. The molecule has 8 heteroatoms. The van der Waals surface area contributed by atoms with Crippen molar-refractivity contribution in [2.75, 3.05) is 26.7 Å². The van der Waals surface area contributed by atoms with Gasteiger partial charge in [0.2, 0.25) is 0 Å². The van der Waals surface area contributed by atoms with E-state index in [-0.39, 0.29) is 12.0 Å². The van der Waals surface area contributed by atoms with Crippen LogP contribution in [0.1, 0.15) is 44.5 Å². The summed E-state index contributed by atoms with van der Waals surface area (Å²) in [6.45, 7) is 14.4. The van der Waals surface area contributed by atoms with Gasteiger partial charge in [-0.3, -0.25) is 0 Å². The summed E-state index contributed by atoms with van der Waals surface area (Å²) in [5.74, 6) is 1.01. The van der Waals surface area contributed by atoms with Crippen molar-refractivity contribution in [1.29, 1.82) is 0 Å². The van der Waals surface area contributed by atoms with E-state index < -0.39 is 5.60 Å². The van der Waals surface area contributed by atoms with Gasteiger partial charge in [0.25, 0.3) is 0 Å². The van der Waals surface area contributed by atoms with Gasteiger partial charge in [0.1, 0.15) is 10.6 Å². The molecule has 1 aromatic heterocycles.